The van der Waals surface area contributed by atoms with Gasteiger partial charge in [-0.2, -0.15) is 0 Å². The van der Waals surface area contributed by atoms with Crippen LogP contribution in [-0.4, -0.2) is 72.9 Å². The zero-order valence-corrected chi connectivity index (χ0v) is 36.8. The summed E-state index contributed by atoms with van der Waals surface area (Å²) in [5, 5.41) is 15.3. The SMILES string of the molecule is CC(C)C1=C2C3CCC4C(C)(CCC5C(C)(C)C(OC(=O)CC(C)(C)C=O)CCC54C)C3CCC2(CCN(C)Cc2ccc(Cl)cc2)CC1=O.CO.O=CCO. The van der Waals surface area contributed by atoms with Gasteiger partial charge in [-0.1, -0.05) is 84.7 Å². The molecule has 8 unspecified atom stereocenters. The second-order valence-electron chi connectivity index (χ2n) is 19.9. The molecule has 1 aromatic rings. The Morgan fingerprint density at radius 1 is 0.964 bits per heavy atom. The molecule has 1 aromatic carbocycles. The highest BCUT2D eigenvalue weighted by Crippen LogP contribution is 2.73. The maximum Gasteiger partial charge on any atom is 0.307 e. The zero-order valence-electron chi connectivity index (χ0n) is 36.1. The fraction of sp³-hybridized carbons (Fsp3) is 0.745. The molecular weight excluding hydrogens is 726 g/mol. The fourth-order valence-electron chi connectivity index (χ4n) is 12.9. The van der Waals surface area contributed by atoms with E-state index in [9.17, 15) is 14.4 Å². The maximum absolute atomic E-state index is 14.0. The van der Waals surface area contributed by atoms with Crippen LogP contribution in [0.5, 0.6) is 0 Å². The minimum atomic E-state index is -0.699. The van der Waals surface area contributed by atoms with Crippen LogP contribution in [0, 0.1) is 56.7 Å². The highest BCUT2D eigenvalue weighted by atomic mass is 35.5. The number of aliphatic hydroxyl groups excluding tert-OH is 2. The highest BCUT2D eigenvalue weighted by molar-refractivity contribution is 6.30. The van der Waals surface area contributed by atoms with Crippen molar-refractivity contribution in [1.82, 2.24) is 4.90 Å². The van der Waals surface area contributed by atoms with Crippen molar-refractivity contribution in [2.24, 2.45) is 56.7 Å². The van der Waals surface area contributed by atoms with Crippen LogP contribution in [-0.2, 0) is 30.5 Å². The van der Waals surface area contributed by atoms with Gasteiger partial charge in [0.25, 0.3) is 0 Å². The molecule has 0 aliphatic heterocycles. The number of allylic oxidation sites excluding steroid dienone is 2. The summed E-state index contributed by atoms with van der Waals surface area (Å²) in [5.74, 6) is 2.66. The third kappa shape index (κ3) is 9.09. The normalized spacial score (nSPS) is 33.1. The van der Waals surface area contributed by atoms with E-state index in [4.69, 9.17) is 31.3 Å². The quantitative estimate of drug-likeness (QED) is 0.168. The molecule has 9 heteroatoms. The van der Waals surface area contributed by atoms with Gasteiger partial charge in [0, 0.05) is 41.3 Å². The molecule has 4 saturated carbocycles. The molecule has 314 valence electrons. The first kappa shape index (κ1) is 46.3. The Kier molecular flexibility index (Phi) is 15.1. The number of carbonyl (C=O) groups excluding carboxylic acids is 4. The molecule has 0 saturated heterocycles. The van der Waals surface area contributed by atoms with E-state index in [1.807, 2.05) is 12.1 Å². The first-order valence-corrected chi connectivity index (χ1v) is 21.5. The van der Waals surface area contributed by atoms with Crippen LogP contribution >= 0.6 is 11.6 Å². The molecule has 2 N–H and O–H groups in total. The van der Waals surface area contributed by atoms with Gasteiger partial charge in [-0.15, -0.1) is 0 Å². The minimum absolute atomic E-state index is 0.00124. The number of fused-ring (bicyclic) bond motifs is 7. The third-order valence-corrected chi connectivity index (χ3v) is 15.5. The second-order valence-corrected chi connectivity index (χ2v) is 20.4. The van der Waals surface area contributed by atoms with Crippen molar-refractivity contribution in [3.8, 4) is 0 Å². The summed E-state index contributed by atoms with van der Waals surface area (Å²) in [6.45, 7) is 19.5. The van der Waals surface area contributed by atoms with Gasteiger partial charge in [-0.3, -0.25) is 9.59 Å². The van der Waals surface area contributed by atoms with Crippen molar-refractivity contribution in [3.05, 3.63) is 46.0 Å². The molecule has 0 heterocycles. The van der Waals surface area contributed by atoms with Gasteiger partial charge in [0.15, 0.2) is 5.78 Å². The number of Topliss-reactive ketones (excluding diaryl/α,β-unsaturated/α-hetero) is 1. The van der Waals surface area contributed by atoms with Gasteiger partial charge in [0.05, 0.1) is 13.0 Å². The third-order valence-electron chi connectivity index (χ3n) is 15.3. The molecule has 8 nitrogen and oxygen atoms in total. The summed E-state index contributed by atoms with van der Waals surface area (Å²) in [6, 6.07) is 8.19. The molecule has 4 fully saturated rings. The molecule has 6 rings (SSSR count). The number of aldehydes is 2. The van der Waals surface area contributed by atoms with Crippen molar-refractivity contribution >= 4 is 35.9 Å². The Hall–Kier alpha value is -2.39. The van der Waals surface area contributed by atoms with Crippen LogP contribution in [0.25, 0.3) is 0 Å². The molecule has 56 heavy (non-hydrogen) atoms. The lowest BCUT2D eigenvalue weighted by Crippen LogP contribution is -2.63. The number of esters is 1. The number of benzene rings is 1. The molecule has 5 aliphatic carbocycles. The number of carbonyl (C=O) groups is 4. The summed E-state index contributed by atoms with van der Waals surface area (Å²) in [5.41, 5.74) is 3.63. The largest absolute Gasteiger partial charge is 0.462 e. The predicted octanol–water partition coefficient (Wildman–Crippen LogP) is 9.07. The van der Waals surface area contributed by atoms with E-state index in [0.717, 1.165) is 63.6 Å². The average Bonchev–Trinajstić information content (AvgIpc) is 3.46. The highest BCUT2D eigenvalue weighted by Gasteiger charge is 2.66. The number of halogens is 1. The van der Waals surface area contributed by atoms with Gasteiger partial charge in [0.1, 0.15) is 18.7 Å². The summed E-state index contributed by atoms with van der Waals surface area (Å²) in [6.07, 6.45) is 12.1. The molecule has 8 atom stereocenters. The van der Waals surface area contributed by atoms with Crippen molar-refractivity contribution in [3.63, 3.8) is 0 Å². The number of hydrogen-bond acceptors (Lipinski definition) is 8. The average molecular weight is 799 g/mol. The lowest BCUT2D eigenvalue weighted by Gasteiger charge is -2.69. The molecule has 0 spiro atoms. The van der Waals surface area contributed by atoms with Crippen LogP contribution in [0.2, 0.25) is 5.02 Å². The maximum atomic E-state index is 14.0. The molecule has 0 aromatic heterocycles. The van der Waals surface area contributed by atoms with Crippen LogP contribution in [0.15, 0.2) is 35.4 Å². The van der Waals surface area contributed by atoms with Crippen molar-refractivity contribution in [2.45, 2.75) is 139 Å². The first-order chi connectivity index (χ1) is 26.3. The molecule has 0 amide bonds. The smallest absolute Gasteiger partial charge is 0.307 e. The number of ketones is 1. The van der Waals surface area contributed by atoms with Gasteiger partial charge in [-0.05, 0) is 135 Å². The monoisotopic (exact) mass is 797 g/mol. The number of hydrogen-bond donors (Lipinski definition) is 2. The van der Waals surface area contributed by atoms with Crippen molar-refractivity contribution < 1.29 is 34.1 Å². The van der Waals surface area contributed by atoms with Gasteiger partial charge < -0.3 is 29.4 Å². The fourth-order valence-corrected chi connectivity index (χ4v) is 13.0. The van der Waals surface area contributed by atoms with E-state index in [1.54, 1.807) is 19.4 Å². The van der Waals surface area contributed by atoms with Crippen molar-refractivity contribution in [2.75, 3.05) is 27.3 Å². The predicted molar refractivity (Wildman–Crippen MR) is 223 cm³/mol. The molecular formula is C47H72ClNO7. The minimum Gasteiger partial charge on any atom is -0.462 e. The van der Waals surface area contributed by atoms with Gasteiger partial charge in [0.2, 0.25) is 0 Å². The first-order valence-electron chi connectivity index (χ1n) is 21.1. The number of aliphatic hydroxyl groups is 2. The summed E-state index contributed by atoms with van der Waals surface area (Å²) >= 11 is 6.15. The standard InChI is InChI=1S/C44H64ClNO4.C2H4O2.CH4O/c1-28(2)38-33(48)24-44(22-23-46(9)26-29-10-12-30(45)13-11-29)21-16-32-31(39(38)44)14-15-35-42(32,7)19-17-34-41(5,6)36(18-20-43(34,35)8)50-37(49)25-40(3,4)27-47;3-1-2-4;1-2/h10-13,27-28,31-32,34-36H,14-26H2,1-9H3;1,4H,2H2;2H,1H3. The van der Waals surface area contributed by atoms with E-state index in [1.165, 1.54) is 36.8 Å². The lowest BCUT2D eigenvalue weighted by atomic mass is 9.36. The Bertz CT molecular complexity index is 1580. The summed E-state index contributed by atoms with van der Waals surface area (Å²) < 4.78 is 6.22. The number of nitrogens with zero attached hydrogens (tertiary/aromatic N) is 1. The van der Waals surface area contributed by atoms with E-state index in [2.05, 4.69) is 65.6 Å². The van der Waals surface area contributed by atoms with Gasteiger partial charge >= 0.3 is 5.97 Å². The number of ether oxygens (including phenoxy) is 1. The Labute approximate surface area is 342 Å². The van der Waals surface area contributed by atoms with Crippen molar-refractivity contribution in [1.29, 1.82) is 0 Å². The Morgan fingerprint density at radius 3 is 2.18 bits per heavy atom. The van der Waals surface area contributed by atoms with Crippen LogP contribution in [0.4, 0.5) is 0 Å². The second kappa shape index (κ2) is 18.3. The Balaban J connectivity index is 0.00000109. The Morgan fingerprint density at radius 2 is 1.59 bits per heavy atom. The molecule has 0 bridgehead atoms. The van der Waals surface area contributed by atoms with Crippen LogP contribution in [0.3, 0.4) is 0 Å². The van der Waals surface area contributed by atoms with E-state index >= 15 is 0 Å². The van der Waals surface area contributed by atoms with Crippen LogP contribution in [0.1, 0.15) is 132 Å². The molecule has 5 aliphatic rings. The summed E-state index contributed by atoms with van der Waals surface area (Å²) in [4.78, 5) is 49.9. The van der Waals surface area contributed by atoms with E-state index in [0.29, 0.717) is 42.2 Å². The van der Waals surface area contributed by atoms with Crippen LogP contribution < -0.4 is 0 Å². The summed E-state index contributed by atoms with van der Waals surface area (Å²) in [7, 11) is 3.22. The topological polar surface area (TPSA) is 121 Å². The molecule has 0 radical (unpaired) electrons. The van der Waals surface area contributed by atoms with E-state index in [-0.39, 0.29) is 52.7 Å². The van der Waals surface area contributed by atoms with E-state index < -0.39 is 5.41 Å². The lowest BCUT2D eigenvalue weighted by molar-refractivity contribution is -0.213. The zero-order chi connectivity index (χ0) is 41.9. The number of rotatable bonds is 11. The van der Waals surface area contributed by atoms with Gasteiger partial charge in [-0.25, -0.2) is 0 Å².